The Kier molecular flexibility index (Phi) is 6.11. The lowest BCUT2D eigenvalue weighted by Crippen LogP contribution is -2.46. The second-order valence-corrected chi connectivity index (χ2v) is 7.66. The van der Waals surface area contributed by atoms with E-state index in [1.54, 1.807) is 50.8 Å². The van der Waals surface area contributed by atoms with Gasteiger partial charge in [-0.05, 0) is 29.3 Å². The molecule has 0 spiro atoms. The first kappa shape index (κ1) is 21.4. The van der Waals surface area contributed by atoms with Crippen LogP contribution in [0.25, 0.3) is 0 Å². The number of methoxy groups -OCH3 is 2. The number of carbonyl (C=O) groups is 2. The first-order valence-corrected chi connectivity index (χ1v) is 10.4. The zero-order chi connectivity index (χ0) is 22.7. The molecular weight excluding hydrogens is 408 g/mol. The van der Waals surface area contributed by atoms with Crippen LogP contribution in [0.15, 0.2) is 55.0 Å². The number of H-pyrrole nitrogens is 1. The molecule has 3 aromatic rings. The summed E-state index contributed by atoms with van der Waals surface area (Å²) in [6.07, 6.45) is 3.99. The molecule has 4 rings (SSSR count). The van der Waals surface area contributed by atoms with Crippen molar-refractivity contribution in [1.82, 2.24) is 20.2 Å². The molecule has 2 unspecified atom stereocenters. The predicted octanol–water partition coefficient (Wildman–Crippen LogP) is 2.70. The van der Waals surface area contributed by atoms with Gasteiger partial charge >= 0.3 is 0 Å². The van der Waals surface area contributed by atoms with Crippen LogP contribution in [0.4, 0.5) is 0 Å². The summed E-state index contributed by atoms with van der Waals surface area (Å²) in [6.45, 7) is 0.454. The Balaban J connectivity index is 1.71. The molecule has 1 aromatic heterocycles. The number of likely N-dealkylation sites (N-methyl/N-ethyl adjacent to an activating group) is 1. The Morgan fingerprint density at radius 1 is 1.16 bits per heavy atom. The third-order valence-electron chi connectivity index (χ3n) is 5.86. The Labute approximate surface area is 186 Å². The van der Waals surface area contributed by atoms with Crippen molar-refractivity contribution in [1.29, 1.82) is 0 Å². The number of hydrogen-bond acceptors (Lipinski definition) is 5. The molecular formula is C24H26N4O4. The molecule has 2 atom stereocenters. The van der Waals surface area contributed by atoms with E-state index in [0.717, 1.165) is 16.8 Å². The number of aromatic nitrogens is 2. The minimum atomic E-state index is -0.575. The normalized spacial score (nSPS) is 17.6. The Hall–Kier alpha value is -3.81. The SMILES string of the molecule is COc1ccc(C2C(C(=O)NCCc3cnc[nH]3)c3ccccc3C(=O)N2C)cc1OC. The molecule has 32 heavy (non-hydrogen) atoms. The molecule has 0 saturated carbocycles. The van der Waals surface area contributed by atoms with Gasteiger partial charge < -0.3 is 24.7 Å². The van der Waals surface area contributed by atoms with E-state index in [9.17, 15) is 9.59 Å². The van der Waals surface area contributed by atoms with Gasteiger partial charge in [0.15, 0.2) is 11.5 Å². The maximum atomic E-state index is 13.5. The van der Waals surface area contributed by atoms with Crippen molar-refractivity contribution in [3.8, 4) is 11.5 Å². The van der Waals surface area contributed by atoms with Gasteiger partial charge in [0.25, 0.3) is 5.91 Å². The quantitative estimate of drug-likeness (QED) is 0.596. The Bertz CT molecular complexity index is 1110. The predicted molar refractivity (Wildman–Crippen MR) is 119 cm³/mol. The molecule has 1 aliphatic heterocycles. The van der Waals surface area contributed by atoms with Crippen molar-refractivity contribution in [2.24, 2.45) is 0 Å². The van der Waals surface area contributed by atoms with Gasteiger partial charge in [-0.15, -0.1) is 0 Å². The maximum absolute atomic E-state index is 13.5. The smallest absolute Gasteiger partial charge is 0.254 e. The van der Waals surface area contributed by atoms with E-state index in [1.807, 2.05) is 30.3 Å². The largest absolute Gasteiger partial charge is 0.493 e. The number of amides is 2. The lowest BCUT2D eigenvalue weighted by atomic mass is 9.79. The lowest BCUT2D eigenvalue weighted by molar-refractivity contribution is -0.124. The molecule has 2 N–H and O–H groups in total. The highest BCUT2D eigenvalue weighted by atomic mass is 16.5. The molecule has 1 aliphatic rings. The number of nitrogens with zero attached hydrogens (tertiary/aromatic N) is 2. The number of benzene rings is 2. The van der Waals surface area contributed by atoms with Crippen LogP contribution in [-0.2, 0) is 11.2 Å². The fourth-order valence-corrected chi connectivity index (χ4v) is 4.26. The van der Waals surface area contributed by atoms with Crippen molar-refractivity contribution in [2.45, 2.75) is 18.4 Å². The Morgan fingerprint density at radius 2 is 1.94 bits per heavy atom. The van der Waals surface area contributed by atoms with Gasteiger partial charge in [0, 0.05) is 37.5 Å². The van der Waals surface area contributed by atoms with Gasteiger partial charge in [-0.3, -0.25) is 9.59 Å². The van der Waals surface area contributed by atoms with Crippen molar-refractivity contribution >= 4 is 11.8 Å². The van der Waals surface area contributed by atoms with E-state index in [2.05, 4.69) is 15.3 Å². The van der Waals surface area contributed by atoms with E-state index >= 15 is 0 Å². The summed E-state index contributed by atoms with van der Waals surface area (Å²) in [5, 5.41) is 3.04. The molecule has 8 nitrogen and oxygen atoms in total. The second-order valence-electron chi connectivity index (χ2n) is 7.66. The third-order valence-corrected chi connectivity index (χ3v) is 5.86. The fourth-order valence-electron chi connectivity index (χ4n) is 4.26. The topological polar surface area (TPSA) is 96.5 Å². The van der Waals surface area contributed by atoms with Gasteiger partial charge in [0.2, 0.25) is 5.91 Å². The van der Waals surface area contributed by atoms with Gasteiger partial charge in [-0.1, -0.05) is 24.3 Å². The molecule has 2 aromatic carbocycles. The van der Waals surface area contributed by atoms with Crippen molar-refractivity contribution in [3.63, 3.8) is 0 Å². The molecule has 0 bridgehead atoms. The summed E-state index contributed by atoms with van der Waals surface area (Å²) < 4.78 is 10.8. The van der Waals surface area contributed by atoms with E-state index in [4.69, 9.17) is 9.47 Å². The van der Waals surface area contributed by atoms with E-state index in [-0.39, 0.29) is 11.8 Å². The Morgan fingerprint density at radius 3 is 2.66 bits per heavy atom. The molecule has 2 amide bonds. The summed E-state index contributed by atoms with van der Waals surface area (Å²) in [5.74, 6) is 0.289. The van der Waals surface area contributed by atoms with Crippen LogP contribution in [0, 0.1) is 0 Å². The molecule has 0 radical (unpaired) electrons. The molecule has 0 fully saturated rings. The second kappa shape index (κ2) is 9.13. The van der Waals surface area contributed by atoms with Crippen LogP contribution in [0.3, 0.4) is 0 Å². The minimum Gasteiger partial charge on any atom is -0.493 e. The van der Waals surface area contributed by atoms with Crippen molar-refractivity contribution < 1.29 is 19.1 Å². The van der Waals surface area contributed by atoms with Gasteiger partial charge in [-0.25, -0.2) is 4.98 Å². The van der Waals surface area contributed by atoms with Gasteiger partial charge in [0.05, 0.1) is 32.5 Å². The fraction of sp³-hybridized carbons (Fsp3) is 0.292. The van der Waals surface area contributed by atoms with E-state index < -0.39 is 12.0 Å². The van der Waals surface area contributed by atoms with Gasteiger partial charge in [0.1, 0.15) is 0 Å². The highest BCUT2D eigenvalue weighted by Gasteiger charge is 2.42. The highest BCUT2D eigenvalue weighted by molar-refractivity contribution is 6.01. The maximum Gasteiger partial charge on any atom is 0.254 e. The number of carbonyl (C=O) groups excluding carboxylic acids is 2. The van der Waals surface area contributed by atoms with Crippen LogP contribution in [0.1, 0.15) is 39.1 Å². The van der Waals surface area contributed by atoms with Crippen LogP contribution in [0.2, 0.25) is 0 Å². The third kappa shape index (κ3) is 3.91. The number of nitrogens with one attached hydrogen (secondary N) is 2. The zero-order valence-corrected chi connectivity index (χ0v) is 18.3. The van der Waals surface area contributed by atoms with Crippen molar-refractivity contribution in [3.05, 3.63) is 77.4 Å². The van der Waals surface area contributed by atoms with E-state index in [0.29, 0.717) is 30.0 Å². The average Bonchev–Trinajstić information content (AvgIpc) is 3.34. The average molecular weight is 434 g/mol. The molecule has 8 heteroatoms. The van der Waals surface area contributed by atoms with Crippen LogP contribution in [0.5, 0.6) is 11.5 Å². The monoisotopic (exact) mass is 434 g/mol. The van der Waals surface area contributed by atoms with Gasteiger partial charge in [-0.2, -0.15) is 0 Å². The minimum absolute atomic E-state index is 0.123. The summed E-state index contributed by atoms with van der Waals surface area (Å²) in [5.41, 5.74) is 3.00. The zero-order valence-electron chi connectivity index (χ0n) is 18.3. The highest BCUT2D eigenvalue weighted by Crippen LogP contribution is 2.43. The first-order valence-electron chi connectivity index (χ1n) is 10.4. The molecule has 0 saturated heterocycles. The van der Waals surface area contributed by atoms with Crippen LogP contribution < -0.4 is 14.8 Å². The number of ether oxygens (including phenoxy) is 2. The standard InChI is InChI=1S/C24H26N4O4/c1-28-22(15-8-9-19(31-2)20(12-15)32-3)21(17-6-4-5-7-18(17)24(28)30)23(29)26-11-10-16-13-25-14-27-16/h4-9,12-14,21-22H,10-11H2,1-3H3,(H,25,27)(H,26,29). The van der Waals surface area contributed by atoms with Crippen LogP contribution >= 0.6 is 0 Å². The molecule has 2 heterocycles. The number of aromatic amines is 1. The number of hydrogen-bond donors (Lipinski definition) is 2. The summed E-state index contributed by atoms with van der Waals surface area (Å²) in [7, 11) is 4.86. The van der Waals surface area contributed by atoms with E-state index in [1.165, 1.54) is 0 Å². The number of fused-ring (bicyclic) bond motifs is 1. The summed E-state index contributed by atoms with van der Waals surface area (Å²) >= 11 is 0. The van der Waals surface area contributed by atoms with Crippen LogP contribution in [-0.4, -0.2) is 54.5 Å². The number of imidazole rings is 1. The summed E-state index contributed by atoms with van der Waals surface area (Å²) in [4.78, 5) is 35.3. The molecule has 0 aliphatic carbocycles. The first-order chi connectivity index (χ1) is 15.5. The summed E-state index contributed by atoms with van der Waals surface area (Å²) in [6, 6.07) is 12.3. The number of rotatable bonds is 7. The van der Waals surface area contributed by atoms with Crippen molar-refractivity contribution in [2.75, 3.05) is 27.8 Å². The lowest BCUT2D eigenvalue weighted by Gasteiger charge is -2.40. The molecule has 166 valence electrons.